The molecule has 0 saturated carbocycles. The Balaban J connectivity index is 1.76. The normalized spacial score (nSPS) is 12.9. The lowest BCUT2D eigenvalue weighted by atomic mass is 10.2. The van der Waals surface area contributed by atoms with Crippen molar-refractivity contribution in [2.45, 2.75) is 12.6 Å². The molecule has 1 unspecified atom stereocenters. The summed E-state index contributed by atoms with van der Waals surface area (Å²) in [5.74, 6) is 0. The largest absolute Gasteiger partial charge is 0.387 e. The quantitative estimate of drug-likeness (QED) is 0.886. The van der Waals surface area contributed by atoms with E-state index in [9.17, 15) is 5.11 Å². The molecular weight excluding hydrogens is 306 g/mol. The van der Waals surface area contributed by atoms with E-state index < -0.39 is 6.10 Å². The molecule has 2 N–H and O–H groups in total. The van der Waals surface area contributed by atoms with Gasteiger partial charge in [-0.2, -0.15) is 11.3 Å². The molecule has 2 heterocycles. The van der Waals surface area contributed by atoms with Gasteiger partial charge < -0.3 is 10.4 Å². The minimum atomic E-state index is -0.409. The third-order valence-corrected chi connectivity index (χ3v) is 4.47. The van der Waals surface area contributed by atoms with Gasteiger partial charge in [-0.1, -0.05) is 0 Å². The summed E-state index contributed by atoms with van der Waals surface area (Å²) in [6, 6.07) is 4.05. The van der Waals surface area contributed by atoms with Gasteiger partial charge in [-0.05, 0) is 55.3 Å². The molecule has 2 aromatic rings. The second-order valence-electron chi connectivity index (χ2n) is 3.46. The molecule has 16 heavy (non-hydrogen) atoms. The lowest BCUT2D eigenvalue weighted by Crippen LogP contribution is -2.20. The van der Waals surface area contributed by atoms with Gasteiger partial charge in [0.05, 0.1) is 9.89 Å². The molecule has 0 aliphatic rings. The number of halogens is 1. The molecule has 0 saturated heterocycles. The van der Waals surface area contributed by atoms with Gasteiger partial charge in [-0.3, -0.25) is 0 Å². The fraction of sp³-hybridized carbons (Fsp3) is 0.273. The van der Waals surface area contributed by atoms with E-state index in [2.05, 4.69) is 32.7 Å². The van der Waals surface area contributed by atoms with Gasteiger partial charge in [0.2, 0.25) is 0 Å². The summed E-state index contributed by atoms with van der Waals surface area (Å²) in [7, 11) is 0. The van der Waals surface area contributed by atoms with Crippen LogP contribution in [0.1, 0.15) is 17.2 Å². The van der Waals surface area contributed by atoms with Crippen LogP contribution in [0.3, 0.4) is 0 Å². The lowest BCUT2D eigenvalue weighted by molar-refractivity contribution is 0.175. The van der Waals surface area contributed by atoms with Crippen LogP contribution in [-0.4, -0.2) is 11.7 Å². The Morgan fingerprint density at radius 2 is 2.31 bits per heavy atom. The molecule has 0 fully saturated rings. The fourth-order valence-electron chi connectivity index (χ4n) is 1.37. The van der Waals surface area contributed by atoms with Crippen molar-refractivity contribution >= 4 is 38.6 Å². The van der Waals surface area contributed by atoms with E-state index in [1.165, 1.54) is 5.56 Å². The van der Waals surface area contributed by atoms with Crippen LogP contribution in [-0.2, 0) is 6.54 Å². The summed E-state index contributed by atoms with van der Waals surface area (Å²) >= 11 is 6.71. The minimum Gasteiger partial charge on any atom is -0.387 e. The molecule has 5 heteroatoms. The van der Waals surface area contributed by atoms with Crippen molar-refractivity contribution in [2.75, 3.05) is 6.54 Å². The molecule has 2 rings (SSSR count). The predicted octanol–water partition coefficient (Wildman–Crippen LogP) is 3.40. The number of aliphatic hydroxyl groups excluding tert-OH is 1. The van der Waals surface area contributed by atoms with E-state index in [-0.39, 0.29) is 0 Å². The highest BCUT2D eigenvalue weighted by molar-refractivity contribution is 9.11. The van der Waals surface area contributed by atoms with E-state index >= 15 is 0 Å². The monoisotopic (exact) mass is 317 g/mol. The molecule has 2 aromatic heterocycles. The van der Waals surface area contributed by atoms with Gasteiger partial charge in [0, 0.05) is 13.1 Å². The molecule has 2 nitrogen and oxygen atoms in total. The highest BCUT2D eigenvalue weighted by atomic mass is 79.9. The SMILES string of the molecule is OC(CNCc1csc(Br)c1)c1ccsc1. The maximum atomic E-state index is 9.83. The predicted molar refractivity (Wildman–Crippen MR) is 73.0 cm³/mol. The Hall–Kier alpha value is -0.200. The zero-order valence-electron chi connectivity index (χ0n) is 8.52. The summed E-state index contributed by atoms with van der Waals surface area (Å²) in [5.41, 5.74) is 2.23. The summed E-state index contributed by atoms with van der Waals surface area (Å²) in [6.45, 7) is 1.38. The molecule has 0 aliphatic heterocycles. The zero-order valence-corrected chi connectivity index (χ0v) is 11.7. The van der Waals surface area contributed by atoms with Gasteiger partial charge >= 0.3 is 0 Å². The van der Waals surface area contributed by atoms with E-state index in [0.717, 1.165) is 15.9 Å². The van der Waals surface area contributed by atoms with E-state index in [0.29, 0.717) is 6.54 Å². The summed E-state index contributed by atoms with van der Waals surface area (Å²) in [6.07, 6.45) is -0.409. The number of aliphatic hydroxyl groups is 1. The number of hydrogen-bond acceptors (Lipinski definition) is 4. The number of hydrogen-bond donors (Lipinski definition) is 2. The molecule has 0 bridgehead atoms. The van der Waals surface area contributed by atoms with Gasteiger partial charge in [-0.25, -0.2) is 0 Å². The summed E-state index contributed by atoms with van der Waals surface area (Å²) in [4.78, 5) is 0. The highest BCUT2D eigenvalue weighted by Gasteiger charge is 2.07. The number of rotatable bonds is 5. The zero-order chi connectivity index (χ0) is 11.4. The average Bonchev–Trinajstić information content (AvgIpc) is 2.89. The maximum absolute atomic E-state index is 9.83. The first-order valence-electron chi connectivity index (χ1n) is 4.89. The van der Waals surface area contributed by atoms with Crippen LogP contribution in [0, 0.1) is 0 Å². The van der Waals surface area contributed by atoms with Gasteiger partial charge in [0.1, 0.15) is 0 Å². The van der Waals surface area contributed by atoms with Crippen molar-refractivity contribution in [3.05, 3.63) is 43.2 Å². The van der Waals surface area contributed by atoms with E-state index in [4.69, 9.17) is 0 Å². The molecule has 1 atom stereocenters. The van der Waals surface area contributed by atoms with Crippen molar-refractivity contribution in [3.63, 3.8) is 0 Å². The molecular formula is C11H12BrNOS2. The standard InChI is InChI=1S/C11H12BrNOS2/c12-11-3-8(6-16-11)4-13-5-10(14)9-1-2-15-7-9/h1-3,6-7,10,13-14H,4-5H2. The first kappa shape index (κ1) is 12.3. The molecule has 0 radical (unpaired) electrons. The van der Waals surface area contributed by atoms with Crippen molar-refractivity contribution < 1.29 is 5.11 Å². The Labute approximate surface area is 111 Å². The van der Waals surface area contributed by atoms with Crippen molar-refractivity contribution in [3.8, 4) is 0 Å². The van der Waals surface area contributed by atoms with Crippen LogP contribution >= 0.6 is 38.6 Å². The molecule has 0 aliphatic carbocycles. The van der Waals surface area contributed by atoms with Crippen LogP contribution in [0.4, 0.5) is 0 Å². The number of thiophene rings is 2. The molecule has 0 amide bonds. The fourth-order valence-corrected chi connectivity index (χ4v) is 3.29. The maximum Gasteiger partial charge on any atom is 0.0922 e. The first-order valence-corrected chi connectivity index (χ1v) is 7.51. The van der Waals surface area contributed by atoms with Gasteiger partial charge in [-0.15, -0.1) is 11.3 Å². The summed E-state index contributed by atoms with van der Waals surface area (Å²) < 4.78 is 1.14. The lowest BCUT2D eigenvalue weighted by Gasteiger charge is -2.09. The van der Waals surface area contributed by atoms with Crippen LogP contribution in [0.2, 0.25) is 0 Å². The average molecular weight is 318 g/mol. The number of nitrogens with one attached hydrogen (secondary N) is 1. The topological polar surface area (TPSA) is 32.3 Å². The van der Waals surface area contributed by atoms with Crippen LogP contribution in [0.25, 0.3) is 0 Å². The minimum absolute atomic E-state index is 0.409. The van der Waals surface area contributed by atoms with E-state index in [1.54, 1.807) is 22.7 Å². The molecule has 0 spiro atoms. The van der Waals surface area contributed by atoms with E-state index in [1.807, 2.05) is 16.8 Å². The smallest absolute Gasteiger partial charge is 0.0922 e. The van der Waals surface area contributed by atoms with Gasteiger partial charge in [0.25, 0.3) is 0 Å². The molecule has 0 aromatic carbocycles. The molecule has 86 valence electrons. The second kappa shape index (κ2) is 5.93. The Kier molecular flexibility index (Phi) is 4.55. The van der Waals surface area contributed by atoms with Crippen LogP contribution in [0.5, 0.6) is 0 Å². The van der Waals surface area contributed by atoms with Crippen molar-refractivity contribution in [2.24, 2.45) is 0 Å². The third-order valence-electron chi connectivity index (χ3n) is 2.22. The van der Waals surface area contributed by atoms with Crippen molar-refractivity contribution in [1.29, 1.82) is 0 Å². The highest BCUT2D eigenvalue weighted by Crippen LogP contribution is 2.20. The van der Waals surface area contributed by atoms with Crippen LogP contribution in [0.15, 0.2) is 32.1 Å². The van der Waals surface area contributed by atoms with Crippen molar-refractivity contribution in [1.82, 2.24) is 5.32 Å². The Morgan fingerprint density at radius 3 is 2.94 bits per heavy atom. The summed E-state index contributed by atoms with van der Waals surface area (Å²) in [5, 5.41) is 19.1. The first-order chi connectivity index (χ1) is 7.75. The second-order valence-corrected chi connectivity index (χ2v) is 6.53. The Morgan fingerprint density at radius 1 is 1.44 bits per heavy atom. The Bertz CT molecular complexity index is 427. The third kappa shape index (κ3) is 3.40. The van der Waals surface area contributed by atoms with Gasteiger partial charge in [0.15, 0.2) is 0 Å². The van der Waals surface area contributed by atoms with Crippen LogP contribution < -0.4 is 5.32 Å².